The Labute approximate surface area is 175 Å². The van der Waals surface area contributed by atoms with E-state index in [0.717, 1.165) is 6.54 Å². The third kappa shape index (κ3) is 5.44. The molecular weight excluding hydrogens is 396 g/mol. The Kier molecular flexibility index (Phi) is 7.95. The molecule has 8 nitrogen and oxygen atoms in total. The number of carbonyl (C=O) groups is 1. The van der Waals surface area contributed by atoms with E-state index in [-0.39, 0.29) is 48.1 Å². The summed E-state index contributed by atoms with van der Waals surface area (Å²) in [6.45, 7) is 2.14. The molecule has 0 aromatic heterocycles. The lowest BCUT2D eigenvalue weighted by Crippen LogP contribution is -2.32. The largest absolute Gasteiger partial charge is 0.496 e. The number of nitrogens with zero attached hydrogens (tertiary/aromatic N) is 2. The van der Waals surface area contributed by atoms with Crippen molar-refractivity contribution in [3.05, 3.63) is 64.2 Å². The molecule has 3 rings (SSSR count). The fraction of sp³-hybridized carbons (Fsp3) is 0.350. The van der Waals surface area contributed by atoms with Crippen LogP contribution < -0.4 is 15.8 Å². The number of nitrogens with one attached hydrogen (secondary N) is 1. The predicted octanol–water partition coefficient (Wildman–Crippen LogP) is 2.64. The van der Waals surface area contributed by atoms with Crippen molar-refractivity contribution in [2.24, 2.45) is 11.7 Å². The Morgan fingerprint density at radius 2 is 2.00 bits per heavy atom. The number of anilines is 1. The topological polar surface area (TPSA) is 111 Å². The summed E-state index contributed by atoms with van der Waals surface area (Å²) in [4.78, 5) is 25.3. The SMILES string of the molecule is COc1ccc(NC(=O)CN2C[C@@H](CN)[C@H](c3ccccc3)C2)c([N+](=O)[O-])c1.Cl. The van der Waals surface area contributed by atoms with E-state index in [1.165, 1.54) is 24.8 Å². The molecule has 0 spiro atoms. The van der Waals surface area contributed by atoms with E-state index in [4.69, 9.17) is 10.5 Å². The van der Waals surface area contributed by atoms with Gasteiger partial charge in [-0.05, 0) is 30.2 Å². The lowest BCUT2D eigenvalue weighted by Gasteiger charge is -2.16. The summed E-state index contributed by atoms with van der Waals surface area (Å²) in [6, 6.07) is 14.5. The van der Waals surface area contributed by atoms with E-state index >= 15 is 0 Å². The molecule has 156 valence electrons. The number of nitrogens with two attached hydrogens (primary N) is 1. The summed E-state index contributed by atoms with van der Waals surface area (Å²) < 4.78 is 5.01. The molecule has 1 fully saturated rings. The normalized spacial score (nSPS) is 18.7. The van der Waals surface area contributed by atoms with Crippen molar-refractivity contribution < 1.29 is 14.5 Å². The molecule has 2 aromatic carbocycles. The van der Waals surface area contributed by atoms with Crippen LogP contribution in [-0.4, -0.2) is 49.0 Å². The number of carbonyl (C=O) groups excluding carboxylic acids is 1. The van der Waals surface area contributed by atoms with E-state index in [2.05, 4.69) is 17.4 Å². The number of likely N-dealkylation sites (tertiary alicyclic amines) is 1. The zero-order chi connectivity index (χ0) is 20.1. The first-order valence-electron chi connectivity index (χ1n) is 9.11. The van der Waals surface area contributed by atoms with E-state index in [1.807, 2.05) is 23.1 Å². The van der Waals surface area contributed by atoms with Crippen LogP contribution in [0.25, 0.3) is 0 Å². The van der Waals surface area contributed by atoms with Crippen LogP contribution in [0.3, 0.4) is 0 Å². The highest BCUT2D eigenvalue weighted by Crippen LogP contribution is 2.32. The Balaban J connectivity index is 0.00000300. The highest BCUT2D eigenvalue weighted by atomic mass is 35.5. The number of nitro benzene ring substituents is 1. The Morgan fingerprint density at radius 1 is 1.28 bits per heavy atom. The quantitative estimate of drug-likeness (QED) is 0.526. The van der Waals surface area contributed by atoms with Gasteiger partial charge in [0.2, 0.25) is 5.91 Å². The van der Waals surface area contributed by atoms with Crippen LogP contribution in [0.2, 0.25) is 0 Å². The number of rotatable bonds is 7. The number of amides is 1. The Hall–Kier alpha value is -2.68. The van der Waals surface area contributed by atoms with Crippen molar-refractivity contribution in [3.63, 3.8) is 0 Å². The van der Waals surface area contributed by atoms with Crippen LogP contribution in [-0.2, 0) is 4.79 Å². The third-order valence-electron chi connectivity index (χ3n) is 5.09. The van der Waals surface area contributed by atoms with Crippen LogP contribution in [0.5, 0.6) is 5.75 Å². The number of hydrogen-bond acceptors (Lipinski definition) is 6. The highest BCUT2D eigenvalue weighted by Gasteiger charge is 2.33. The summed E-state index contributed by atoms with van der Waals surface area (Å²) in [5.74, 6) is 0.610. The van der Waals surface area contributed by atoms with Crippen LogP contribution in [0.1, 0.15) is 11.5 Å². The third-order valence-corrected chi connectivity index (χ3v) is 5.09. The molecule has 2 aromatic rings. The zero-order valence-electron chi connectivity index (χ0n) is 16.1. The van der Waals surface area contributed by atoms with Gasteiger partial charge in [-0.15, -0.1) is 12.4 Å². The average molecular weight is 421 g/mol. The minimum absolute atomic E-state index is 0. The maximum atomic E-state index is 12.5. The second-order valence-corrected chi connectivity index (χ2v) is 6.90. The van der Waals surface area contributed by atoms with Gasteiger partial charge in [0.15, 0.2) is 0 Å². The highest BCUT2D eigenvalue weighted by molar-refractivity contribution is 5.94. The summed E-state index contributed by atoms with van der Waals surface area (Å²) in [5, 5.41) is 13.9. The molecule has 3 N–H and O–H groups in total. The van der Waals surface area contributed by atoms with Crippen LogP contribution in [0.4, 0.5) is 11.4 Å². The molecule has 0 unspecified atom stereocenters. The van der Waals surface area contributed by atoms with Crippen molar-refractivity contribution in [2.75, 3.05) is 38.6 Å². The molecule has 0 saturated carbocycles. The van der Waals surface area contributed by atoms with Crippen molar-refractivity contribution in [3.8, 4) is 5.75 Å². The van der Waals surface area contributed by atoms with Gasteiger partial charge < -0.3 is 15.8 Å². The molecule has 1 saturated heterocycles. The Bertz CT molecular complexity index is 850. The molecule has 2 atom stereocenters. The van der Waals surface area contributed by atoms with Crippen LogP contribution in [0.15, 0.2) is 48.5 Å². The lowest BCUT2D eigenvalue weighted by molar-refractivity contribution is -0.384. The van der Waals surface area contributed by atoms with Crippen molar-refractivity contribution in [2.45, 2.75) is 5.92 Å². The van der Waals surface area contributed by atoms with Crippen LogP contribution >= 0.6 is 12.4 Å². The summed E-state index contributed by atoms with van der Waals surface area (Å²) in [6.07, 6.45) is 0. The number of ether oxygens (including phenoxy) is 1. The number of hydrogen-bond donors (Lipinski definition) is 2. The zero-order valence-corrected chi connectivity index (χ0v) is 16.9. The second-order valence-electron chi connectivity index (χ2n) is 6.90. The predicted molar refractivity (Wildman–Crippen MR) is 114 cm³/mol. The summed E-state index contributed by atoms with van der Waals surface area (Å²) >= 11 is 0. The molecule has 9 heteroatoms. The standard InChI is InChI=1S/C20H24N4O4.ClH/c1-28-16-7-8-18(19(9-16)24(26)27)22-20(25)13-23-11-15(10-21)17(12-23)14-5-3-2-4-6-14;/h2-9,15,17H,10-13,21H2,1H3,(H,22,25);1H/t15-,17+;/m1./s1. The van der Waals surface area contributed by atoms with Gasteiger partial charge in [-0.25, -0.2) is 0 Å². The molecule has 0 bridgehead atoms. The molecule has 0 radical (unpaired) electrons. The smallest absolute Gasteiger partial charge is 0.296 e. The minimum Gasteiger partial charge on any atom is -0.496 e. The molecular formula is C20H25ClN4O4. The average Bonchev–Trinajstić information content (AvgIpc) is 3.11. The van der Waals surface area contributed by atoms with Gasteiger partial charge in [-0.1, -0.05) is 30.3 Å². The molecule has 29 heavy (non-hydrogen) atoms. The number of methoxy groups -OCH3 is 1. The molecule has 1 aliphatic heterocycles. The number of nitro groups is 1. The van der Waals surface area contributed by atoms with Gasteiger partial charge >= 0.3 is 0 Å². The minimum atomic E-state index is -0.538. The van der Waals surface area contributed by atoms with E-state index < -0.39 is 4.92 Å². The number of benzene rings is 2. The molecule has 0 aliphatic carbocycles. The van der Waals surface area contributed by atoms with Crippen LogP contribution in [0, 0.1) is 16.0 Å². The maximum Gasteiger partial charge on any atom is 0.296 e. The lowest BCUT2D eigenvalue weighted by atomic mass is 9.89. The summed E-state index contributed by atoms with van der Waals surface area (Å²) in [7, 11) is 1.43. The van der Waals surface area contributed by atoms with Gasteiger partial charge in [0.05, 0.1) is 24.6 Å². The fourth-order valence-corrected chi connectivity index (χ4v) is 3.69. The van der Waals surface area contributed by atoms with Gasteiger partial charge in [0.1, 0.15) is 11.4 Å². The Morgan fingerprint density at radius 3 is 2.62 bits per heavy atom. The van der Waals surface area contributed by atoms with Gasteiger partial charge in [-0.3, -0.25) is 19.8 Å². The fourth-order valence-electron chi connectivity index (χ4n) is 3.69. The van der Waals surface area contributed by atoms with E-state index in [0.29, 0.717) is 18.8 Å². The molecule has 1 amide bonds. The van der Waals surface area contributed by atoms with E-state index in [1.54, 1.807) is 6.07 Å². The number of halogens is 1. The van der Waals surface area contributed by atoms with Crippen molar-refractivity contribution in [1.82, 2.24) is 4.90 Å². The first-order chi connectivity index (χ1) is 13.5. The van der Waals surface area contributed by atoms with Crippen molar-refractivity contribution >= 4 is 29.7 Å². The molecule has 1 heterocycles. The monoisotopic (exact) mass is 420 g/mol. The van der Waals surface area contributed by atoms with Gasteiger partial charge in [0, 0.05) is 19.0 Å². The summed E-state index contributed by atoms with van der Waals surface area (Å²) in [5.41, 5.74) is 7.12. The first-order valence-corrected chi connectivity index (χ1v) is 9.11. The maximum absolute atomic E-state index is 12.5. The van der Waals surface area contributed by atoms with Gasteiger partial charge in [0.25, 0.3) is 5.69 Å². The van der Waals surface area contributed by atoms with Gasteiger partial charge in [-0.2, -0.15) is 0 Å². The van der Waals surface area contributed by atoms with Crippen molar-refractivity contribution in [1.29, 1.82) is 0 Å². The second kappa shape index (κ2) is 10.2. The van der Waals surface area contributed by atoms with E-state index in [9.17, 15) is 14.9 Å². The first kappa shape index (κ1) is 22.6. The molecule has 1 aliphatic rings.